The van der Waals surface area contributed by atoms with Crippen LogP contribution in [0.15, 0.2) is 47.0 Å². The molecule has 0 saturated carbocycles. The molecule has 2 heterocycles. The standard InChI is InChI=1S/C18H19N5O2/c1-11(2)13-6-4-5-7-14(13)19-18(24)15-8-9-16(22-21-15)20-17-10-12(3)25-23-17/h4-11H,1-3H3,(H,19,24)(H,20,22,23). The minimum atomic E-state index is -0.301. The Hall–Kier alpha value is -3.22. The highest BCUT2D eigenvalue weighted by Crippen LogP contribution is 2.24. The predicted molar refractivity (Wildman–Crippen MR) is 95.0 cm³/mol. The van der Waals surface area contributed by atoms with Crippen molar-refractivity contribution in [3.63, 3.8) is 0 Å². The molecule has 0 atom stereocenters. The van der Waals surface area contributed by atoms with E-state index in [0.29, 0.717) is 23.3 Å². The number of carbonyl (C=O) groups excluding carboxylic acids is 1. The zero-order valence-electron chi connectivity index (χ0n) is 14.3. The van der Waals surface area contributed by atoms with Gasteiger partial charge in [0.1, 0.15) is 5.76 Å². The second-order valence-corrected chi connectivity index (χ2v) is 5.95. The lowest BCUT2D eigenvalue weighted by Gasteiger charge is -2.13. The van der Waals surface area contributed by atoms with Gasteiger partial charge in [0.2, 0.25) is 0 Å². The predicted octanol–water partition coefficient (Wildman–Crippen LogP) is 3.89. The van der Waals surface area contributed by atoms with Crippen molar-refractivity contribution in [2.75, 3.05) is 10.6 Å². The summed E-state index contributed by atoms with van der Waals surface area (Å²) in [5.41, 5.74) is 2.09. The van der Waals surface area contributed by atoms with Crippen molar-refractivity contribution in [2.45, 2.75) is 26.7 Å². The first kappa shape index (κ1) is 16.6. The molecule has 3 aromatic rings. The number of carbonyl (C=O) groups is 1. The molecule has 2 aromatic heterocycles. The van der Waals surface area contributed by atoms with Gasteiger partial charge in [0, 0.05) is 11.8 Å². The Kier molecular flexibility index (Phi) is 4.74. The van der Waals surface area contributed by atoms with E-state index in [1.807, 2.05) is 24.3 Å². The van der Waals surface area contributed by atoms with Crippen molar-refractivity contribution in [2.24, 2.45) is 0 Å². The molecule has 1 aromatic carbocycles. The quantitative estimate of drug-likeness (QED) is 0.733. The molecule has 0 aliphatic heterocycles. The van der Waals surface area contributed by atoms with Crippen LogP contribution in [0.5, 0.6) is 0 Å². The van der Waals surface area contributed by atoms with Crippen LogP contribution in [-0.2, 0) is 0 Å². The monoisotopic (exact) mass is 337 g/mol. The molecule has 0 bridgehead atoms. The topological polar surface area (TPSA) is 92.9 Å². The molecule has 0 spiro atoms. The molecule has 1 amide bonds. The zero-order chi connectivity index (χ0) is 17.8. The fraction of sp³-hybridized carbons (Fsp3) is 0.222. The van der Waals surface area contributed by atoms with E-state index in [-0.39, 0.29) is 11.6 Å². The van der Waals surface area contributed by atoms with Crippen molar-refractivity contribution in [3.8, 4) is 0 Å². The fourth-order valence-corrected chi connectivity index (χ4v) is 2.38. The number of aryl methyl sites for hydroxylation is 1. The average molecular weight is 337 g/mol. The highest BCUT2D eigenvalue weighted by Gasteiger charge is 2.13. The normalized spacial score (nSPS) is 10.7. The molecule has 7 heteroatoms. The summed E-state index contributed by atoms with van der Waals surface area (Å²) in [4.78, 5) is 12.4. The number of hydrogen-bond acceptors (Lipinski definition) is 6. The van der Waals surface area contributed by atoms with Gasteiger partial charge < -0.3 is 15.2 Å². The van der Waals surface area contributed by atoms with Gasteiger partial charge in [-0.25, -0.2) is 0 Å². The van der Waals surface area contributed by atoms with Gasteiger partial charge in [0.15, 0.2) is 17.3 Å². The Morgan fingerprint density at radius 3 is 2.52 bits per heavy atom. The molecule has 3 rings (SSSR count). The Morgan fingerprint density at radius 2 is 1.88 bits per heavy atom. The maximum Gasteiger partial charge on any atom is 0.276 e. The maximum atomic E-state index is 12.4. The van der Waals surface area contributed by atoms with Gasteiger partial charge in [-0.1, -0.05) is 37.2 Å². The molecule has 2 N–H and O–H groups in total. The first-order chi connectivity index (χ1) is 12.0. The Bertz CT molecular complexity index is 871. The highest BCUT2D eigenvalue weighted by molar-refractivity contribution is 6.03. The van der Waals surface area contributed by atoms with E-state index < -0.39 is 0 Å². The fourth-order valence-electron chi connectivity index (χ4n) is 2.38. The first-order valence-electron chi connectivity index (χ1n) is 7.97. The summed E-state index contributed by atoms with van der Waals surface area (Å²) in [6.45, 7) is 5.96. The Morgan fingerprint density at radius 1 is 1.08 bits per heavy atom. The van der Waals surface area contributed by atoms with Crippen LogP contribution in [0.3, 0.4) is 0 Å². The summed E-state index contributed by atoms with van der Waals surface area (Å²) in [6.07, 6.45) is 0. The lowest BCUT2D eigenvalue weighted by atomic mass is 10.0. The number of benzene rings is 1. The zero-order valence-corrected chi connectivity index (χ0v) is 14.3. The van der Waals surface area contributed by atoms with Crippen LogP contribution in [0.1, 0.15) is 41.6 Å². The van der Waals surface area contributed by atoms with Gasteiger partial charge in [0.25, 0.3) is 5.91 Å². The minimum absolute atomic E-state index is 0.237. The van der Waals surface area contributed by atoms with Crippen LogP contribution in [0.2, 0.25) is 0 Å². The lowest BCUT2D eigenvalue weighted by molar-refractivity contribution is 0.102. The van der Waals surface area contributed by atoms with Gasteiger partial charge in [-0.3, -0.25) is 4.79 Å². The molecule has 0 aliphatic carbocycles. The van der Waals surface area contributed by atoms with Crippen molar-refractivity contribution in [1.29, 1.82) is 0 Å². The van der Waals surface area contributed by atoms with Crippen LogP contribution in [0.25, 0.3) is 0 Å². The van der Waals surface area contributed by atoms with Crippen molar-refractivity contribution >= 4 is 23.2 Å². The minimum Gasteiger partial charge on any atom is -0.360 e. The molecule has 0 aliphatic rings. The van der Waals surface area contributed by atoms with Crippen LogP contribution in [0.4, 0.5) is 17.3 Å². The lowest BCUT2D eigenvalue weighted by Crippen LogP contribution is -2.16. The van der Waals surface area contributed by atoms with E-state index in [9.17, 15) is 4.79 Å². The number of para-hydroxylation sites is 1. The van der Waals surface area contributed by atoms with E-state index >= 15 is 0 Å². The molecule has 25 heavy (non-hydrogen) atoms. The number of rotatable bonds is 5. The number of hydrogen-bond donors (Lipinski definition) is 2. The van der Waals surface area contributed by atoms with Crippen molar-refractivity contribution < 1.29 is 9.32 Å². The summed E-state index contributed by atoms with van der Waals surface area (Å²) in [6, 6.07) is 12.7. The third kappa shape index (κ3) is 4.00. The number of nitrogens with one attached hydrogen (secondary N) is 2. The summed E-state index contributed by atoms with van der Waals surface area (Å²) in [5, 5.41) is 17.6. The molecule has 128 valence electrons. The van der Waals surface area contributed by atoms with Crippen LogP contribution < -0.4 is 10.6 Å². The van der Waals surface area contributed by atoms with Crippen LogP contribution >= 0.6 is 0 Å². The third-order valence-electron chi connectivity index (χ3n) is 3.61. The molecule has 0 saturated heterocycles. The number of anilines is 3. The third-order valence-corrected chi connectivity index (χ3v) is 3.61. The summed E-state index contributed by atoms with van der Waals surface area (Å²) >= 11 is 0. The van der Waals surface area contributed by atoms with Crippen molar-refractivity contribution in [3.05, 3.63) is 59.5 Å². The molecule has 0 fully saturated rings. The molecule has 0 unspecified atom stereocenters. The summed E-state index contributed by atoms with van der Waals surface area (Å²) in [7, 11) is 0. The van der Waals surface area contributed by atoms with Gasteiger partial charge >= 0.3 is 0 Å². The second-order valence-electron chi connectivity index (χ2n) is 5.95. The van der Waals surface area contributed by atoms with Gasteiger partial charge in [0.05, 0.1) is 0 Å². The van der Waals surface area contributed by atoms with Gasteiger partial charge in [-0.05, 0) is 36.6 Å². The first-order valence-corrected chi connectivity index (χ1v) is 7.97. The molecule has 0 radical (unpaired) electrons. The van der Waals surface area contributed by atoms with E-state index in [4.69, 9.17) is 4.52 Å². The number of amides is 1. The molecule has 7 nitrogen and oxygen atoms in total. The maximum absolute atomic E-state index is 12.4. The van der Waals surface area contributed by atoms with Gasteiger partial charge in [-0.2, -0.15) is 0 Å². The van der Waals surface area contributed by atoms with E-state index in [2.05, 4.69) is 39.8 Å². The highest BCUT2D eigenvalue weighted by atomic mass is 16.5. The largest absolute Gasteiger partial charge is 0.360 e. The molecular formula is C18H19N5O2. The Labute approximate surface area is 145 Å². The van der Waals surface area contributed by atoms with Crippen LogP contribution in [-0.4, -0.2) is 21.3 Å². The van der Waals surface area contributed by atoms with E-state index in [1.165, 1.54) is 0 Å². The average Bonchev–Trinajstić information content (AvgIpc) is 3.00. The second kappa shape index (κ2) is 7.12. The summed E-state index contributed by atoms with van der Waals surface area (Å²) < 4.78 is 4.97. The van der Waals surface area contributed by atoms with Crippen LogP contribution in [0, 0.1) is 6.92 Å². The summed E-state index contributed by atoms with van der Waals surface area (Å²) in [5.74, 6) is 1.71. The molecular weight excluding hydrogens is 318 g/mol. The Balaban J connectivity index is 1.71. The van der Waals surface area contributed by atoms with E-state index in [1.54, 1.807) is 25.1 Å². The van der Waals surface area contributed by atoms with Gasteiger partial charge in [-0.15, -0.1) is 10.2 Å². The number of nitrogens with zero attached hydrogens (tertiary/aromatic N) is 3. The smallest absolute Gasteiger partial charge is 0.276 e. The van der Waals surface area contributed by atoms with E-state index in [0.717, 1.165) is 11.3 Å². The number of aromatic nitrogens is 3. The SMILES string of the molecule is Cc1cc(Nc2ccc(C(=O)Nc3ccccc3C(C)C)nn2)no1. The van der Waals surface area contributed by atoms with Crippen molar-refractivity contribution in [1.82, 2.24) is 15.4 Å².